The predicted octanol–water partition coefficient (Wildman–Crippen LogP) is 3.62. The van der Waals surface area contributed by atoms with Crippen molar-refractivity contribution in [1.29, 1.82) is 0 Å². The van der Waals surface area contributed by atoms with Crippen molar-refractivity contribution in [3.63, 3.8) is 0 Å². The van der Waals surface area contributed by atoms with Crippen molar-refractivity contribution < 1.29 is 9.66 Å². The summed E-state index contributed by atoms with van der Waals surface area (Å²) in [6.45, 7) is 2.25. The summed E-state index contributed by atoms with van der Waals surface area (Å²) in [5, 5.41) is 11.0. The molecule has 142 valence electrons. The van der Waals surface area contributed by atoms with Crippen LogP contribution in [-0.2, 0) is 19.5 Å². The predicted molar refractivity (Wildman–Crippen MR) is 105 cm³/mol. The molecular formula is C21H20N4O3. The Bertz CT molecular complexity index is 1010. The van der Waals surface area contributed by atoms with Crippen molar-refractivity contribution in [1.82, 2.24) is 14.9 Å². The van der Waals surface area contributed by atoms with Crippen LogP contribution in [0.5, 0.6) is 5.75 Å². The SMILES string of the molecule is COc1cc([N+](=O)[O-])ccc1CN1CCc2nc(-c3ccccc3)ncc2C1. The molecule has 0 saturated carbocycles. The number of nitrogens with zero attached hydrogens (tertiary/aromatic N) is 4. The number of non-ortho nitro benzene ring substituents is 1. The van der Waals surface area contributed by atoms with E-state index >= 15 is 0 Å². The lowest BCUT2D eigenvalue weighted by atomic mass is 10.1. The van der Waals surface area contributed by atoms with E-state index < -0.39 is 4.92 Å². The Morgan fingerprint density at radius 3 is 2.79 bits per heavy atom. The summed E-state index contributed by atoms with van der Waals surface area (Å²) >= 11 is 0. The topological polar surface area (TPSA) is 81.4 Å². The highest BCUT2D eigenvalue weighted by Gasteiger charge is 2.21. The molecule has 7 nitrogen and oxygen atoms in total. The molecule has 0 atom stereocenters. The normalized spacial score (nSPS) is 13.8. The fourth-order valence-electron chi connectivity index (χ4n) is 3.45. The summed E-state index contributed by atoms with van der Waals surface area (Å²) in [6.07, 6.45) is 2.75. The number of benzene rings is 2. The molecule has 0 fully saturated rings. The summed E-state index contributed by atoms with van der Waals surface area (Å²) in [5.41, 5.74) is 4.18. The third kappa shape index (κ3) is 3.70. The molecule has 1 aliphatic heterocycles. The second kappa shape index (κ2) is 7.74. The Labute approximate surface area is 162 Å². The number of hydrogen-bond donors (Lipinski definition) is 0. The molecule has 1 aromatic heterocycles. The van der Waals surface area contributed by atoms with Crippen molar-refractivity contribution >= 4 is 5.69 Å². The van der Waals surface area contributed by atoms with Gasteiger partial charge in [-0.05, 0) is 6.07 Å². The highest BCUT2D eigenvalue weighted by atomic mass is 16.6. The molecule has 7 heteroatoms. The first-order valence-electron chi connectivity index (χ1n) is 9.08. The molecule has 0 radical (unpaired) electrons. The smallest absolute Gasteiger partial charge is 0.273 e. The summed E-state index contributed by atoms with van der Waals surface area (Å²) in [6, 6.07) is 14.7. The first-order chi connectivity index (χ1) is 13.6. The summed E-state index contributed by atoms with van der Waals surface area (Å²) < 4.78 is 5.36. The number of fused-ring (bicyclic) bond motifs is 1. The molecule has 0 N–H and O–H groups in total. The molecule has 4 rings (SSSR count). The third-order valence-electron chi connectivity index (χ3n) is 4.92. The highest BCUT2D eigenvalue weighted by Crippen LogP contribution is 2.28. The van der Waals surface area contributed by atoms with Gasteiger partial charge in [0.15, 0.2) is 5.82 Å². The van der Waals surface area contributed by atoms with E-state index in [9.17, 15) is 10.1 Å². The number of ether oxygens (including phenoxy) is 1. The minimum absolute atomic E-state index is 0.0337. The van der Waals surface area contributed by atoms with Crippen molar-refractivity contribution in [2.75, 3.05) is 13.7 Å². The average Bonchev–Trinajstić information content (AvgIpc) is 2.74. The Balaban J connectivity index is 1.51. The molecule has 2 heterocycles. The lowest BCUT2D eigenvalue weighted by molar-refractivity contribution is -0.384. The number of nitro benzene ring substituents is 1. The average molecular weight is 376 g/mol. The molecule has 3 aromatic rings. The number of rotatable bonds is 5. The quantitative estimate of drug-likeness (QED) is 0.500. The van der Waals surface area contributed by atoms with Gasteiger partial charge in [0.05, 0.1) is 23.8 Å². The monoisotopic (exact) mass is 376 g/mol. The number of methoxy groups -OCH3 is 1. The number of nitro groups is 1. The first kappa shape index (κ1) is 18.1. The van der Waals surface area contributed by atoms with Gasteiger partial charge >= 0.3 is 0 Å². The van der Waals surface area contributed by atoms with Crippen molar-refractivity contribution in [3.05, 3.63) is 81.7 Å². The van der Waals surface area contributed by atoms with Crippen molar-refractivity contribution in [2.45, 2.75) is 19.5 Å². The molecule has 0 spiro atoms. The Hall–Kier alpha value is -3.32. The second-order valence-corrected chi connectivity index (χ2v) is 6.75. The van der Waals surface area contributed by atoms with E-state index in [-0.39, 0.29) is 5.69 Å². The van der Waals surface area contributed by atoms with Crippen LogP contribution in [0.3, 0.4) is 0 Å². The molecule has 0 unspecified atom stereocenters. The lowest BCUT2D eigenvalue weighted by Crippen LogP contribution is -2.31. The van der Waals surface area contributed by atoms with Crippen LogP contribution in [0, 0.1) is 10.1 Å². The van der Waals surface area contributed by atoms with Crippen LogP contribution in [0.4, 0.5) is 5.69 Å². The van der Waals surface area contributed by atoms with E-state index in [4.69, 9.17) is 9.72 Å². The van der Waals surface area contributed by atoms with Gasteiger partial charge in [0.25, 0.3) is 5.69 Å². The van der Waals surface area contributed by atoms with E-state index in [1.54, 1.807) is 6.07 Å². The molecule has 28 heavy (non-hydrogen) atoms. The van der Waals surface area contributed by atoms with Crippen LogP contribution in [-0.4, -0.2) is 33.4 Å². The largest absolute Gasteiger partial charge is 0.496 e. The van der Waals surface area contributed by atoms with Gasteiger partial charge in [0, 0.05) is 55.0 Å². The Morgan fingerprint density at radius 2 is 2.04 bits per heavy atom. The van der Waals surface area contributed by atoms with Crippen LogP contribution in [0.2, 0.25) is 0 Å². The molecule has 0 saturated heterocycles. The fourth-order valence-corrected chi connectivity index (χ4v) is 3.45. The van der Waals surface area contributed by atoms with E-state index in [1.807, 2.05) is 36.5 Å². The van der Waals surface area contributed by atoms with Gasteiger partial charge in [0.2, 0.25) is 0 Å². The van der Waals surface area contributed by atoms with Crippen molar-refractivity contribution in [2.24, 2.45) is 0 Å². The summed E-state index contributed by atoms with van der Waals surface area (Å²) in [4.78, 5) is 22.1. The zero-order chi connectivity index (χ0) is 19.5. The summed E-state index contributed by atoms with van der Waals surface area (Å²) in [5.74, 6) is 1.29. The van der Waals surface area contributed by atoms with Crippen molar-refractivity contribution in [3.8, 4) is 17.1 Å². The molecule has 1 aliphatic rings. The van der Waals surface area contributed by atoms with Gasteiger partial charge in [0.1, 0.15) is 5.75 Å². The molecule has 2 aromatic carbocycles. The van der Waals surface area contributed by atoms with E-state index in [0.29, 0.717) is 12.3 Å². The zero-order valence-electron chi connectivity index (χ0n) is 15.5. The van der Waals surface area contributed by atoms with Gasteiger partial charge in [-0.2, -0.15) is 0 Å². The second-order valence-electron chi connectivity index (χ2n) is 6.75. The van der Waals surface area contributed by atoms with Crippen LogP contribution in [0.1, 0.15) is 16.8 Å². The first-order valence-corrected chi connectivity index (χ1v) is 9.08. The molecule has 0 amide bonds. The minimum Gasteiger partial charge on any atom is -0.496 e. The standard InChI is InChI=1S/C21H20N4O3/c1-28-20-11-18(25(26)27)8-7-16(20)13-24-10-9-19-17(14-24)12-22-21(23-19)15-5-3-2-4-6-15/h2-8,11-12H,9-10,13-14H2,1H3. The maximum absolute atomic E-state index is 11.0. The molecule has 0 bridgehead atoms. The molecule has 0 aliphatic carbocycles. The van der Waals surface area contributed by atoms with E-state index in [2.05, 4.69) is 9.88 Å². The maximum Gasteiger partial charge on any atom is 0.273 e. The van der Waals surface area contributed by atoms with Gasteiger partial charge < -0.3 is 4.74 Å². The zero-order valence-corrected chi connectivity index (χ0v) is 15.5. The third-order valence-corrected chi connectivity index (χ3v) is 4.92. The molecular weight excluding hydrogens is 356 g/mol. The van der Waals surface area contributed by atoms with Crippen LogP contribution in [0.15, 0.2) is 54.7 Å². The minimum atomic E-state index is -0.412. The number of hydrogen-bond acceptors (Lipinski definition) is 6. The van der Waals surface area contributed by atoms with Crippen LogP contribution in [0.25, 0.3) is 11.4 Å². The summed E-state index contributed by atoms with van der Waals surface area (Å²) in [7, 11) is 1.53. The highest BCUT2D eigenvalue weighted by molar-refractivity contribution is 5.54. The van der Waals surface area contributed by atoms with Gasteiger partial charge in [-0.15, -0.1) is 0 Å². The van der Waals surface area contributed by atoms with E-state index in [1.165, 1.54) is 19.2 Å². The van der Waals surface area contributed by atoms with Crippen LogP contribution >= 0.6 is 0 Å². The maximum atomic E-state index is 11.0. The Kier molecular flexibility index (Phi) is 4.99. The van der Waals surface area contributed by atoms with E-state index in [0.717, 1.165) is 47.7 Å². The van der Waals surface area contributed by atoms with Gasteiger partial charge in [-0.1, -0.05) is 30.3 Å². The Morgan fingerprint density at radius 1 is 1.21 bits per heavy atom. The van der Waals surface area contributed by atoms with Crippen LogP contribution < -0.4 is 4.74 Å². The fraction of sp³-hybridized carbons (Fsp3) is 0.238. The van der Waals surface area contributed by atoms with Gasteiger partial charge in [-0.3, -0.25) is 15.0 Å². The van der Waals surface area contributed by atoms with Gasteiger partial charge in [-0.25, -0.2) is 9.97 Å². The number of aromatic nitrogens is 2. The lowest BCUT2D eigenvalue weighted by Gasteiger charge is -2.28.